The first-order chi connectivity index (χ1) is 11.6. The fourth-order valence-electron chi connectivity index (χ4n) is 3.67. The van der Waals surface area contributed by atoms with Gasteiger partial charge in [-0.1, -0.05) is 11.6 Å². The largest absolute Gasteiger partial charge is 0.387 e. The smallest absolute Gasteiger partial charge is 0.225 e. The zero-order valence-electron chi connectivity index (χ0n) is 14.4. The quantitative estimate of drug-likeness (QED) is 0.906. The Bertz CT molecular complexity index is 588. The number of piperidine rings is 1. The van der Waals surface area contributed by atoms with Crippen molar-refractivity contribution in [2.24, 2.45) is 5.92 Å². The molecular weight excluding hydrogens is 326 g/mol. The van der Waals surface area contributed by atoms with Crippen LogP contribution in [0.4, 0.5) is 11.4 Å². The van der Waals surface area contributed by atoms with Gasteiger partial charge in [0, 0.05) is 51.9 Å². The van der Waals surface area contributed by atoms with E-state index in [0.29, 0.717) is 5.91 Å². The molecule has 6 heteroatoms. The molecule has 1 aromatic carbocycles. The topological polar surface area (TPSA) is 44.8 Å². The zero-order chi connectivity index (χ0) is 17.1. The summed E-state index contributed by atoms with van der Waals surface area (Å²) in [7, 11) is 3.60. The van der Waals surface area contributed by atoms with Crippen molar-refractivity contribution < 1.29 is 9.53 Å². The second-order valence-electron chi connectivity index (χ2n) is 6.61. The molecule has 3 rings (SSSR count). The van der Waals surface area contributed by atoms with Crippen LogP contribution in [-0.4, -0.2) is 57.2 Å². The van der Waals surface area contributed by atoms with Gasteiger partial charge >= 0.3 is 0 Å². The molecule has 1 unspecified atom stereocenters. The Morgan fingerprint density at radius 3 is 2.62 bits per heavy atom. The fraction of sp³-hybridized carbons (Fsp3) is 0.611. The molecule has 2 aliphatic rings. The van der Waals surface area contributed by atoms with Crippen LogP contribution < -0.4 is 10.2 Å². The van der Waals surface area contributed by atoms with E-state index in [-0.39, 0.29) is 12.0 Å². The number of ether oxygens (including phenoxy) is 1. The van der Waals surface area contributed by atoms with Crippen LogP contribution >= 0.6 is 11.6 Å². The molecule has 2 saturated heterocycles. The first-order valence-corrected chi connectivity index (χ1v) is 9.04. The molecule has 0 saturated carbocycles. The molecule has 1 atom stereocenters. The third-order valence-corrected chi connectivity index (χ3v) is 5.55. The summed E-state index contributed by atoms with van der Waals surface area (Å²) in [5.74, 6) is 0.453. The highest BCUT2D eigenvalue weighted by molar-refractivity contribution is 6.33. The van der Waals surface area contributed by atoms with E-state index in [9.17, 15) is 4.79 Å². The molecule has 0 radical (unpaired) electrons. The van der Waals surface area contributed by atoms with Crippen LogP contribution in [0, 0.1) is 5.92 Å². The maximum absolute atomic E-state index is 12.7. The molecule has 2 fully saturated rings. The number of halogens is 1. The number of rotatable bonds is 4. The van der Waals surface area contributed by atoms with E-state index in [1.165, 1.54) is 0 Å². The van der Waals surface area contributed by atoms with E-state index in [0.717, 1.165) is 61.8 Å². The number of amides is 1. The van der Waals surface area contributed by atoms with Crippen molar-refractivity contribution in [3.05, 3.63) is 23.2 Å². The van der Waals surface area contributed by atoms with E-state index in [4.69, 9.17) is 16.3 Å². The van der Waals surface area contributed by atoms with Crippen LogP contribution in [-0.2, 0) is 9.53 Å². The van der Waals surface area contributed by atoms with Gasteiger partial charge in [0.25, 0.3) is 0 Å². The predicted octanol–water partition coefficient (Wildman–Crippen LogP) is 2.85. The number of carbonyl (C=O) groups is 1. The Balaban J connectivity index is 1.57. The van der Waals surface area contributed by atoms with Crippen LogP contribution in [0.3, 0.4) is 0 Å². The summed E-state index contributed by atoms with van der Waals surface area (Å²) in [6.07, 6.45) is 2.98. The Morgan fingerprint density at radius 1 is 1.25 bits per heavy atom. The molecule has 0 aliphatic carbocycles. The summed E-state index contributed by atoms with van der Waals surface area (Å²) in [5.41, 5.74) is 2.10. The molecule has 1 aromatic rings. The van der Waals surface area contributed by atoms with Gasteiger partial charge in [0.05, 0.1) is 16.8 Å². The molecule has 132 valence electrons. The van der Waals surface area contributed by atoms with E-state index in [1.54, 1.807) is 7.11 Å². The summed E-state index contributed by atoms with van der Waals surface area (Å²) in [6, 6.07) is 6.05. The maximum atomic E-state index is 12.7. The number of methoxy groups -OCH3 is 1. The molecule has 0 aromatic heterocycles. The lowest BCUT2D eigenvalue weighted by Gasteiger charge is -2.34. The van der Waals surface area contributed by atoms with E-state index < -0.39 is 0 Å². The third-order valence-electron chi connectivity index (χ3n) is 5.22. The lowest BCUT2D eigenvalue weighted by molar-refractivity contribution is -0.135. The predicted molar refractivity (Wildman–Crippen MR) is 97.9 cm³/mol. The van der Waals surface area contributed by atoms with Crippen LogP contribution in [0.15, 0.2) is 18.2 Å². The summed E-state index contributed by atoms with van der Waals surface area (Å²) < 4.78 is 5.37. The summed E-state index contributed by atoms with van der Waals surface area (Å²) in [6.45, 7) is 3.39. The minimum Gasteiger partial charge on any atom is -0.387 e. The molecule has 5 nitrogen and oxygen atoms in total. The summed E-state index contributed by atoms with van der Waals surface area (Å²) >= 11 is 6.15. The summed E-state index contributed by atoms with van der Waals surface area (Å²) in [5, 5.41) is 3.85. The van der Waals surface area contributed by atoms with Gasteiger partial charge in [0.1, 0.15) is 0 Å². The van der Waals surface area contributed by atoms with Crippen LogP contribution in [0.25, 0.3) is 0 Å². The molecule has 0 bridgehead atoms. The number of hydrogen-bond donors (Lipinski definition) is 1. The maximum Gasteiger partial charge on any atom is 0.225 e. The van der Waals surface area contributed by atoms with Gasteiger partial charge in [-0.3, -0.25) is 4.79 Å². The van der Waals surface area contributed by atoms with Crippen LogP contribution in [0.5, 0.6) is 0 Å². The average Bonchev–Trinajstić information content (AvgIpc) is 3.11. The van der Waals surface area contributed by atoms with Gasteiger partial charge in [0.15, 0.2) is 0 Å². The Morgan fingerprint density at radius 2 is 2.00 bits per heavy atom. The first kappa shape index (κ1) is 17.4. The normalized spacial score (nSPS) is 22.0. The number of likely N-dealkylation sites (tertiary alicyclic amines) is 1. The molecule has 0 spiro atoms. The number of anilines is 2. The number of nitrogens with one attached hydrogen (secondary N) is 1. The Labute approximate surface area is 148 Å². The standard InChI is InChI=1S/C18H26ClN3O2/c1-20-17-11-14(3-4-16(17)19)21-8-5-13(6-9-21)18(23)22-10-7-15(12-22)24-2/h3-4,11,13,15,20H,5-10,12H2,1-2H3. The van der Waals surface area contributed by atoms with E-state index in [2.05, 4.69) is 22.3 Å². The number of hydrogen-bond acceptors (Lipinski definition) is 4. The molecule has 24 heavy (non-hydrogen) atoms. The number of benzene rings is 1. The highest BCUT2D eigenvalue weighted by Gasteiger charge is 2.32. The van der Waals surface area contributed by atoms with Crippen LogP contribution in [0.1, 0.15) is 19.3 Å². The van der Waals surface area contributed by atoms with Crippen molar-refractivity contribution in [3.63, 3.8) is 0 Å². The van der Waals surface area contributed by atoms with Gasteiger partial charge < -0.3 is 19.9 Å². The second-order valence-corrected chi connectivity index (χ2v) is 7.01. The zero-order valence-corrected chi connectivity index (χ0v) is 15.2. The molecule has 2 heterocycles. The minimum atomic E-state index is 0.146. The van der Waals surface area contributed by atoms with Crippen molar-refractivity contribution >= 4 is 28.9 Å². The first-order valence-electron chi connectivity index (χ1n) is 8.66. The number of nitrogens with zero attached hydrogens (tertiary/aromatic N) is 2. The SMILES string of the molecule is CNc1cc(N2CCC(C(=O)N3CCC(OC)C3)CC2)ccc1Cl. The van der Waals surface area contributed by atoms with E-state index >= 15 is 0 Å². The lowest BCUT2D eigenvalue weighted by Crippen LogP contribution is -2.42. The molecule has 2 aliphatic heterocycles. The van der Waals surface area contributed by atoms with Crippen molar-refractivity contribution in [1.29, 1.82) is 0 Å². The fourth-order valence-corrected chi connectivity index (χ4v) is 3.88. The van der Waals surface area contributed by atoms with E-state index in [1.807, 2.05) is 18.0 Å². The van der Waals surface area contributed by atoms with Gasteiger partial charge in [-0.05, 0) is 37.5 Å². The summed E-state index contributed by atoms with van der Waals surface area (Å²) in [4.78, 5) is 17.0. The van der Waals surface area contributed by atoms with Crippen molar-refractivity contribution in [3.8, 4) is 0 Å². The van der Waals surface area contributed by atoms with Gasteiger partial charge in [-0.15, -0.1) is 0 Å². The number of carbonyl (C=O) groups excluding carboxylic acids is 1. The van der Waals surface area contributed by atoms with Crippen molar-refractivity contribution in [2.45, 2.75) is 25.4 Å². The van der Waals surface area contributed by atoms with Crippen LogP contribution in [0.2, 0.25) is 5.02 Å². The molecular formula is C18H26ClN3O2. The van der Waals surface area contributed by atoms with Crippen molar-refractivity contribution in [2.75, 3.05) is 50.6 Å². The molecule has 1 amide bonds. The minimum absolute atomic E-state index is 0.146. The average molecular weight is 352 g/mol. The van der Waals surface area contributed by atoms with Gasteiger partial charge in [-0.2, -0.15) is 0 Å². The third kappa shape index (κ3) is 3.62. The highest BCUT2D eigenvalue weighted by Crippen LogP contribution is 2.30. The van der Waals surface area contributed by atoms with Crippen molar-refractivity contribution in [1.82, 2.24) is 4.90 Å². The molecule has 1 N–H and O–H groups in total. The highest BCUT2D eigenvalue weighted by atomic mass is 35.5. The lowest BCUT2D eigenvalue weighted by atomic mass is 9.95. The van der Waals surface area contributed by atoms with Gasteiger partial charge in [-0.25, -0.2) is 0 Å². The second kappa shape index (κ2) is 7.62. The Hall–Kier alpha value is -1.46. The monoisotopic (exact) mass is 351 g/mol. The van der Waals surface area contributed by atoms with Gasteiger partial charge in [0.2, 0.25) is 5.91 Å². The Kier molecular flexibility index (Phi) is 5.51.